The first-order chi connectivity index (χ1) is 8.08. The number of halogens is 1. The molecule has 0 bridgehead atoms. The summed E-state index contributed by atoms with van der Waals surface area (Å²) >= 11 is 2.15. The van der Waals surface area contributed by atoms with Crippen LogP contribution in [0.3, 0.4) is 0 Å². The zero-order valence-corrected chi connectivity index (χ0v) is 12.3. The molecule has 2 N–H and O–H groups in total. The quantitative estimate of drug-likeness (QED) is 0.590. The van der Waals surface area contributed by atoms with E-state index >= 15 is 0 Å². The minimum atomic E-state index is -3.35. The van der Waals surface area contributed by atoms with Crippen molar-refractivity contribution < 1.29 is 8.42 Å². The number of benzene rings is 1. The second-order valence-electron chi connectivity index (χ2n) is 4.08. The Balaban J connectivity index is 1.86. The molecular formula is C11H15IN2O2S. The maximum atomic E-state index is 11.9. The molecular weight excluding hydrogens is 351 g/mol. The third kappa shape index (κ3) is 4.20. The van der Waals surface area contributed by atoms with Crippen LogP contribution in [0.2, 0.25) is 0 Å². The maximum absolute atomic E-state index is 11.9. The predicted octanol–water partition coefficient (Wildman–Crippen LogP) is 1.32. The van der Waals surface area contributed by atoms with E-state index in [0.29, 0.717) is 24.0 Å². The molecule has 0 amide bonds. The van der Waals surface area contributed by atoms with Crippen LogP contribution < -0.4 is 10.0 Å². The zero-order chi connectivity index (χ0) is 12.3. The lowest BCUT2D eigenvalue weighted by molar-refractivity contribution is 0.575. The summed E-state index contributed by atoms with van der Waals surface area (Å²) in [6.07, 6.45) is 2.42. The monoisotopic (exact) mass is 366 g/mol. The molecule has 1 aromatic rings. The number of rotatable bonds is 6. The van der Waals surface area contributed by atoms with Crippen molar-refractivity contribution in [2.45, 2.75) is 23.8 Å². The third-order valence-electron chi connectivity index (χ3n) is 2.55. The van der Waals surface area contributed by atoms with Crippen molar-refractivity contribution in [1.29, 1.82) is 0 Å². The Morgan fingerprint density at radius 3 is 2.41 bits per heavy atom. The molecule has 6 heteroatoms. The minimum Gasteiger partial charge on any atom is -0.313 e. The van der Waals surface area contributed by atoms with Gasteiger partial charge in [0.15, 0.2) is 0 Å². The highest BCUT2D eigenvalue weighted by atomic mass is 127. The van der Waals surface area contributed by atoms with Crippen molar-refractivity contribution in [3.63, 3.8) is 0 Å². The summed E-state index contributed by atoms with van der Waals surface area (Å²) in [5, 5.41) is 3.26. The first-order valence-electron chi connectivity index (χ1n) is 5.56. The van der Waals surface area contributed by atoms with Gasteiger partial charge in [-0.2, -0.15) is 0 Å². The minimum absolute atomic E-state index is 0.323. The van der Waals surface area contributed by atoms with Crippen molar-refractivity contribution in [2.24, 2.45) is 0 Å². The summed E-state index contributed by atoms with van der Waals surface area (Å²) in [4.78, 5) is 0.323. The SMILES string of the molecule is O=S(=O)(NCCNC1CC1)c1ccc(I)cc1. The average molecular weight is 366 g/mol. The van der Waals surface area contributed by atoms with Crippen LogP contribution in [0, 0.1) is 3.57 Å². The fraction of sp³-hybridized carbons (Fsp3) is 0.455. The molecule has 0 aliphatic heterocycles. The summed E-state index contributed by atoms with van der Waals surface area (Å²) < 4.78 is 27.3. The molecule has 1 saturated carbocycles. The van der Waals surface area contributed by atoms with E-state index in [1.807, 2.05) is 0 Å². The van der Waals surface area contributed by atoms with Crippen LogP contribution in [-0.4, -0.2) is 27.5 Å². The first-order valence-corrected chi connectivity index (χ1v) is 8.13. The van der Waals surface area contributed by atoms with Crippen LogP contribution in [0.1, 0.15) is 12.8 Å². The molecule has 1 aromatic carbocycles. The molecule has 4 nitrogen and oxygen atoms in total. The van der Waals surface area contributed by atoms with Crippen LogP contribution in [0.4, 0.5) is 0 Å². The Morgan fingerprint density at radius 1 is 1.18 bits per heavy atom. The van der Waals surface area contributed by atoms with Gasteiger partial charge in [-0.25, -0.2) is 13.1 Å². The Morgan fingerprint density at radius 2 is 1.82 bits per heavy atom. The largest absolute Gasteiger partial charge is 0.313 e. The third-order valence-corrected chi connectivity index (χ3v) is 4.75. The van der Waals surface area contributed by atoms with Gasteiger partial charge in [0, 0.05) is 22.7 Å². The Bertz CT molecular complexity index is 469. The molecule has 0 saturated heterocycles. The molecule has 1 aliphatic rings. The molecule has 0 atom stereocenters. The van der Waals surface area contributed by atoms with E-state index in [-0.39, 0.29) is 0 Å². The summed E-state index contributed by atoms with van der Waals surface area (Å²) in [6, 6.07) is 7.43. The molecule has 17 heavy (non-hydrogen) atoms. The summed E-state index contributed by atoms with van der Waals surface area (Å²) in [5.41, 5.74) is 0. The van der Waals surface area contributed by atoms with E-state index < -0.39 is 10.0 Å². The Kier molecular flexibility index (Phi) is 4.40. The molecule has 94 valence electrons. The average Bonchev–Trinajstić information content (AvgIpc) is 3.09. The number of hydrogen-bond acceptors (Lipinski definition) is 3. The molecule has 1 aliphatic carbocycles. The number of hydrogen-bond donors (Lipinski definition) is 2. The van der Waals surface area contributed by atoms with Gasteiger partial charge in [-0.1, -0.05) is 0 Å². The molecule has 2 rings (SSSR count). The second-order valence-corrected chi connectivity index (χ2v) is 7.09. The van der Waals surface area contributed by atoms with Crippen molar-refractivity contribution in [2.75, 3.05) is 13.1 Å². The number of sulfonamides is 1. The molecule has 0 unspecified atom stereocenters. The lowest BCUT2D eigenvalue weighted by atomic mass is 10.4. The lowest BCUT2D eigenvalue weighted by Gasteiger charge is -2.07. The lowest BCUT2D eigenvalue weighted by Crippen LogP contribution is -2.32. The Hall–Kier alpha value is -0.180. The van der Waals surface area contributed by atoms with Crippen LogP contribution >= 0.6 is 22.6 Å². The van der Waals surface area contributed by atoms with Crippen LogP contribution in [0.25, 0.3) is 0 Å². The smallest absolute Gasteiger partial charge is 0.240 e. The highest BCUT2D eigenvalue weighted by Crippen LogP contribution is 2.18. The standard InChI is InChI=1S/C11H15IN2O2S/c12-9-1-5-11(6-2-9)17(15,16)14-8-7-13-10-3-4-10/h1-2,5-6,10,13-14H,3-4,7-8H2. The molecule has 0 heterocycles. The van der Waals surface area contributed by atoms with Gasteiger partial charge in [0.25, 0.3) is 0 Å². The van der Waals surface area contributed by atoms with E-state index in [4.69, 9.17) is 0 Å². The zero-order valence-electron chi connectivity index (χ0n) is 9.32. The molecule has 1 fully saturated rings. The highest BCUT2D eigenvalue weighted by molar-refractivity contribution is 14.1. The van der Waals surface area contributed by atoms with Gasteiger partial charge in [0.1, 0.15) is 0 Å². The van der Waals surface area contributed by atoms with Crippen LogP contribution in [0.5, 0.6) is 0 Å². The van der Waals surface area contributed by atoms with Gasteiger partial charge in [-0.05, 0) is 59.7 Å². The van der Waals surface area contributed by atoms with Crippen molar-refractivity contribution in [1.82, 2.24) is 10.0 Å². The van der Waals surface area contributed by atoms with E-state index in [1.165, 1.54) is 12.8 Å². The van der Waals surface area contributed by atoms with Crippen molar-refractivity contribution in [3.05, 3.63) is 27.8 Å². The fourth-order valence-electron chi connectivity index (χ4n) is 1.45. The summed E-state index contributed by atoms with van der Waals surface area (Å²) in [7, 11) is -3.35. The van der Waals surface area contributed by atoms with Gasteiger partial charge in [0.05, 0.1) is 4.90 Å². The number of nitrogens with one attached hydrogen (secondary N) is 2. The maximum Gasteiger partial charge on any atom is 0.240 e. The molecule has 0 radical (unpaired) electrons. The van der Waals surface area contributed by atoms with Crippen molar-refractivity contribution in [3.8, 4) is 0 Å². The Labute approximate surface area is 115 Å². The van der Waals surface area contributed by atoms with Gasteiger partial charge in [-0.15, -0.1) is 0 Å². The van der Waals surface area contributed by atoms with Crippen LogP contribution in [-0.2, 0) is 10.0 Å². The van der Waals surface area contributed by atoms with E-state index in [1.54, 1.807) is 24.3 Å². The van der Waals surface area contributed by atoms with E-state index in [9.17, 15) is 8.42 Å². The van der Waals surface area contributed by atoms with E-state index in [0.717, 1.165) is 3.57 Å². The van der Waals surface area contributed by atoms with Gasteiger partial charge >= 0.3 is 0 Å². The molecule has 0 spiro atoms. The van der Waals surface area contributed by atoms with Crippen LogP contribution in [0.15, 0.2) is 29.2 Å². The normalized spacial score (nSPS) is 16.1. The summed E-state index contributed by atoms with van der Waals surface area (Å²) in [6.45, 7) is 1.12. The van der Waals surface area contributed by atoms with Gasteiger partial charge in [0.2, 0.25) is 10.0 Å². The van der Waals surface area contributed by atoms with Gasteiger partial charge in [-0.3, -0.25) is 0 Å². The first kappa shape index (κ1) is 13.3. The highest BCUT2D eigenvalue weighted by Gasteiger charge is 2.20. The topological polar surface area (TPSA) is 58.2 Å². The predicted molar refractivity (Wildman–Crippen MR) is 75.4 cm³/mol. The van der Waals surface area contributed by atoms with E-state index in [2.05, 4.69) is 32.6 Å². The van der Waals surface area contributed by atoms with Crippen molar-refractivity contribution >= 4 is 32.6 Å². The fourth-order valence-corrected chi connectivity index (χ4v) is 2.84. The van der Waals surface area contributed by atoms with Gasteiger partial charge < -0.3 is 5.32 Å². The second kappa shape index (κ2) is 5.64. The molecule has 0 aromatic heterocycles. The summed E-state index contributed by atoms with van der Waals surface area (Å²) in [5.74, 6) is 0.